The summed E-state index contributed by atoms with van der Waals surface area (Å²) in [5.41, 5.74) is 1.28. The van der Waals surface area contributed by atoms with Crippen molar-refractivity contribution < 1.29 is 14.6 Å². The van der Waals surface area contributed by atoms with Gasteiger partial charge in [-0.15, -0.1) is 0 Å². The molecule has 104 valence electrons. The number of benzene rings is 2. The third-order valence-corrected chi connectivity index (χ3v) is 3.21. The van der Waals surface area contributed by atoms with Gasteiger partial charge in [-0.2, -0.15) is 0 Å². The van der Waals surface area contributed by atoms with Crippen LogP contribution in [0.15, 0.2) is 45.9 Å². The topological polar surface area (TPSA) is 51.0 Å². The first-order valence-electron chi connectivity index (χ1n) is 5.88. The summed E-state index contributed by atoms with van der Waals surface area (Å²) in [5, 5.41) is 9.76. The quantitative estimate of drug-likeness (QED) is 0.861. The molecule has 0 saturated carbocycles. The molecule has 0 saturated heterocycles. The number of nitrogens with zero attached hydrogens (tertiary/aromatic N) is 1. The summed E-state index contributed by atoms with van der Waals surface area (Å²) in [6.45, 7) is 0. The van der Waals surface area contributed by atoms with Crippen LogP contribution in [0.4, 0.5) is 5.69 Å². The van der Waals surface area contributed by atoms with Gasteiger partial charge >= 0.3 is 0 Å². The Hall–Kier alpha value is -2.01. The highest BCUT2D eigenvalue weighted by molar-refractivity contribution is 9.10. The summed E-state index contributed by atoms with van der Waals surface area (Å²) >= 11 is 3.36. The van der Waals surface area contributed by atoms with Crippen LogP contribution in [0.25, 0.3) is 0 Å². The molecule has 0 unspecified atom stereocenters. The minimum atomic E-state index is 0.171. The molecule has 0 aromatic heterocycles. The van der Waals surface area contributed by atoms with Crippen LogP contribution in [0, 0.1) is 0 Å². The molecule has 0 spiro atoms. The molecule has 2 aromatic rings. The Bertz CT molecular complexity index is 641. The molecule has 0 aliphatic heterocycles. The number of phenols is 1. The van der Waals surface area contributed by atoms with Gasteiger partial charge in [-0.05, 0) is 30.3 Å². The summed E-state index contributed by atoms with van der Waals surface area (Å²) in [7, 11) is 3.17. The van der Waals surface area contributed by atoms with Gasteiger partial charge in [0.15, 0.2) is 0 Å². The molecule has 0 bridgehead atoms. The normalized spacial score (nSPS) is 10.8. The molecule has 0 aliphatic carbocycles. The van der Waals surface area contributed by atoms with Gasteiger partial charge in [0, 0.05) is 22.3 Å². The Morgan fingerprint density at radius 2 is 1.90 bits per heavy atom. The SMILES string of the molecule is COc1ccc(N=Cc2cc(Br)ccc2O)c(OC)c1. The van der Waals surface area contributed by atoms with E-state index in [-0.39, 0.29) is 5.75 Å². The first kappa shape index (κ1) is 14.4. The van der Waals surface area contributed by atoms with Gasteiger partial charge < -0.3 is 14.6 Å². The van der Waals surface area contributed by atoms with Gasteiger partial charge in [-0.25, -0.2) is 0 Å². The molecule has 0 radical (unpaired) electrons. The molecule has 0 amide bonds. The summed E-state index contributed by atoms with van der Waals surface area (Å²) in [6, 6.07) is 10.5. The largest absolute Gasteiger partial charge is 0.507 e. The zero-order valence-electron chi connectivity index (χ0n) is 11.1. The average molecular weight is 336 g/mol. The molecule has 0 atom stereocenters. The number of phenolic OH excluding ortho intramolecular Hbond substituents is 1. The molecule has 2 aromatic carbocycles. The fraction of sp³-hybridized carbons (Fsp3) is 0.133. The fourth-order valence-electron chi connectivity index (χ4n) is 1.66. The highest BCUT2D eigenvalue weighted by Gasteiger charge is 2.04. The average Bonchev–Trinajstić information content (AvgIpc) is 2.48. The van der Waals surface area contributed by atoms with E-state index >= 15 is 0 Å². The van der Waals surface area contributed by atoms with Crippen molar-refractivity contribution >= 4 is 27.8 Å². The molecule has 5 heteroatoms. The summed E-state index contributed by atoms with van der Waals surface area (Å²) in [6.07, 6.45) is 1.59. The maximum absolute atomic E-state index is 9.76. The van der Waals surface area contributed by atoms with Crippen molar-refractivity contribution in [2.45, 2.75) is 0 Å². The van der Waals surface area contributed by atoms with E-state index in [2.05, 4.69) is 20.9 Å². The molecule has 4 nitrogen and oxygen atoms in total. The fourth-order valence-corrected chi connectivity index (χ4v) is 2.04. The number of ether oxygens (including phenoxy) is 2. The van der Waals surface area contributed by atoms with E-state index in [1.54, 1.807) is 56.8 Å². The first-order valence-corrected chi connectivity index (χ1v) is 6.68. The Labute approximate surface area is 125 Å². The van der Waals surface area contributed by atoms with E-state index in [0.29, 0.717) is 22.7 Å². The number of aromatic hydroxyl groups is 1. The number of halogens is 1. The molecule has 20 heavy (non-hydrogen) atoms. The molecular formula is C15H14BrNO3. The van der Waals surface area contributed by atoms with Gasteiger partial charge in [0.1, 0.15) is 22.9 Å². The van der Waals surface area contributed by atoms with Crippen LogP contribution in [-0.4, -0.2) is 25.5 Å². The van der Waals surface area contributed by atoms with E-state index in [9.17, 15) is 5.11 Å². The maximum atomic E-state index is 9.76. The van der Waals surface area contributed by atoms with E-state index < -0.39 is 0 Å². The second kappa shape index (κ2) is 6.43. The number of hydrogen-bond acceptors (Lipinski definition) is 4. The van der Waals surface area contributed by atoms with Gasteiger partial charge in [-0.3, -0.25) is 4.99 Å². The van der Waals surface area contributed by atoms with E-state index in [1.807, 2.05) is 0 Å². The van der Waals surface area contributed by atoms with Crippen molar-refractivity contribution in [1.82, 2.24) is 0 Å². The number of rotatable bonds is 4. The zero-order valence-corrected chi connectivity index (χ0v) is 12.7. The molecule has 0 fully saturated rings. The minimum Gasteiger partial charge on any atom is -0.507 e. The highest BCUT2D eigenvalue weighted by atomic mass is 79.9. The minimum absolute atomic E-state index is 0.171. The predicted molar refractivity (Wildman–Crippen MR) is 82.6 cm³/mol. The van der Waals surface area contributed by atoms with Gasteiger partial charge in [0.25, 0.3) is 0 Å². The van der Waals surface area contributed by atoms with Crippen molar-refractivity contribution in [3.63, 3.8) is 0 Å². The molecule has 2 rings (SSSR count). The van der Waals surface area contributed by atoms with E-state index in [0.717, 1.165) is 4.47 Å². The van der Waals surface area contributed by atoms with Gasteiger partial charge in [0.05, 0.1) is 14.2 Å². The Balaban J connectivity index is 2.33. The van der Waals surface area contributed by atoms with Crippen LogP contribution in [0.1, 0.15) is 5.56 Å². The predicted octanol–water partition coefficient (Wildman–Crippen LogP) is 3.92. The number of hydrogen-bond donors (Lipinski definition) is 1. The zero-order chi connectivity index (χ0) is 14.5. The van der Waals surface area contributed by atoms with Gasteiger partial charge in [-0.1, -0.05) is 15.9 Å². The van der Waals surface area contributed by atoms with Crippen LogP contribution in [0.2, 0.25) is 0 Å². The Morgan fingerprint density at radius 1 is 1.10 bits per heavy atom. The third kappa shape index (κ3) is 3.30. The lowest BCUT2D eigenvalue weighted by molar-refractivity contribution is 0.395. The van der Waals surface area contributed by atoms with Crippen molar-refractivity contribution in [2.24, 2.45) is 4.99 Å². The summed E-state index contributed by atoms with van der Waals surface area (Å²) in [4.78, 5) is 4.34. The third-order valence-electron chi connectivity index (χ3n) is 2.72. The van der Waals surface area contributed by atoms with Gasteiger partial charge in [0.2, 0.25) is 0 Å². The Kier molecular flexibility index (Phi) is 4.63. The highest BCUT2D eigenvalue weighted by Crippen LogP contribution is 2.31. The van der Waals surface area contributed by atoms with Crippen molar-refractivity contribution in [1.29, 1.82) is 0 Å². The van der Waals surface area contributed by atoms with Crippen molar-refractivity contribution in [3.05, 3.63) is 46.4 Å². The van der Waals surface area contributed by atoms with Crippen LogP contribution in [-0.2, 0) is 0 Å². The monoisotopic (exact) mass is 335 g/mol. The first-order chi connectivity index (χ1) is 9.63. The molecule has 0 aliphatic rings. The molecule has 1 N–H and O–H groups in total. The number of aliphatic imine (C=N–C) groups is 1. The lowest BCUT2D eigenvalue weighted by Crippen LogP contribution is -1.88. The summed E-state index contributed by atoms with van der Waals surface area (Å²) < 4.78 is 11.3. The van der Waals surface area contributed by atoms with Crippen LogP contribution >= 0.6 is 15.9 Å². The second-order valence-electron chi connectivity index (χ2n) is 4.00. The van der Waals surface area contributed by atoms with Crippen LogP contribution in [0.5, 0.6) is 17.2 Å². The smallest absolute Gasteiger partial charge is 0.148 e. The number of methoxy groups -OCH3 is 2. The lowest BCUT2D eigenvalue weighted by atomic mass is 10.2. The van der Waals surface area contributed by atoms with E-state index in [4.69, 9.17) is 9.47 Å². The molecule has 0 heterocycles. The van der Waals surface area contributed by atoms with Crippen LogP contribution in [0.3, 0.4) is 0 Å². The second-order valence-corrected chi connectivity index (χ2v) is 4.91. The molecular weight excluding hydrogens is 322 g/mol. The lowest BCUT2D eigenvalue weighted by Gasteiger charge is -2.07. The van der Waals surface area contributed by atoms with Crippen LogP contribution < -0.4 is 9.47 Å². The van der Waals surface area contributed by atoms with Crippen molar-refractivity contribution in [2.75, 3.05) is 14.2 Å². The van der Waals surface area contributed by atoms with Crippen molar-refractivity contribution in [3.8, 4) is 17.2 Å². The standard InChI is InChI=1S/C15H14BrNO3/c1-19-12-4-5-13(15(8-12)20-2)17-9-10-7-11(16)3-6-14(10)18/h3-9,18H,1-2H3. The Morgan fingerprint density at radius 3 is 2.60 bits per heavy atom. The van der Waals surface area contributed by atoms with E-state index in [1.165, 1.54) is 0 Å². The maximum Gasteiger partial charge on any atom is 0.148 e. The summed E-state index contributed by atoms with van der Waals surface area (Å²) in [5.74, 6) is 1.48.